The van der Waals surface area contributed by atoms with Gasteiger partial charge in [0, 0.05) is 22.9 Å². The summed E-state index contributed by atoms with van der Waals surface area (Å²) in [5, 5.41) is -0.171. The predicted molar refractivity (Wildman–Crippen MR) is 118 cm³/mol. The molecule has 0 aliphatic rings. The molecule has 0 radical (unpaired) electrons. The molecule has 0 heterocycles. The fraction of sp³-hybridized carbons (Fsp3) is 0.0741. The maximum Gasteiger partial charge on any atom is 0.458 e. The van der Waals surface area contributed by atoms with Crippen molar-refractivity contribution < 1.29 is 35.9 Å². The highest BCUT2D eigenvalue weighted by atomic mass is 19.4. The van der Waals surface area contributed by atoms with Crippen LogP contribution in [-0.4, -0.2) is 12.1 Å². The summed E-state index contributed by atoms with van der Waals surface area (Å²) in [7, 11) is 0. The molecule has 0 aromatic heterocycles. The van der Waals surface area contributed by atoms with Crippen LogP contribution in [0.2, 0.25) is 0 Å². The molecule has 4 rings (SSSR count). The lowest BCUT2D eigenvalue weighted by Crippen LogP contribution is -2.08. The number of ether oxygens (including phenoxy) is 1. The molecule has 8 heteroatoms. The molecule has 0 saturated carbocycles. The number of carbonyl (C=O) groups excluding carboxylic acids is 1. The normalized spacial score (nSPS) is 11.2. The largest absolute Gasteiger partial charge is 0.458 e. The van der Waals surface area contributed by atoms with Gasteiger partial charge in [0.25, 0.3) is 0 Å². The fourth-order valence-corrected chi connectivity index (χ4v) is 3.39. The van der Waals surface area contributed by atoms with Crippen LogP contribution in [0.4, 0.5) is 26.3 Å². The third kappa shape index (κ3) is 5.30. The Balaban J connectivity index is 1.64. The second kappa shape index (κ2) is 9.18. The summed E-state index contributed by atoms with van der Waals surface area (Å²) >= 11 is 0. The van der Waals surface area contributed by atoms with Crippen molar-refractivity contribution in [3.63, 3.8) is 0 Å². The van der Waals surface area contributed by atoms with Crippen LogP contribution in [0.25, 0.3) is 21.9 Å². The van der Waals surface area contributed by atoms with Gasteiger partial charge in [0.15, 0.2) is 0 Å². The first-order valence-electron chi connectivity index (χ1n) is 10.1. The lowest BCUT2D eigenvalue weighted by atomic mass is 9.98. The molecule has 0 spiro atoms. The minimum atomic E-state index is -4.91. The molecule has 0 fully saturated rings. The van der Waals surface area contributed by atoms with Crippen LogP contribution in [0.5, 0.6) is 5.75 Å². The summed E-state index contributed by atoms with van der Waals surface area (Å²) in [5.41, 5.74) is 0.548. The van der Waals surface area contributed by atoms with Crippen LogP contribution in [0.3, 0.4) is 0 Å². The van der Waals surface area contributed by atoms with E-state index >= 15 is 0 Å². The Morgan fingerprint density at radius 3 is 2.23 bits per heavy atom. The molecule has 0 aliphatic heterocycles. The van der Waals surface area contributed by atoms with E-state index in [4.69, 9.17) is 4.74 Å². The van der Waals surface area contributed by atoms with Crippen molar-refractivity contribution in [2.45, 2.75) is 13.1 Å². The van der Waals surface area contributed by atoms with E-state index in [1.807, 2.05) is 6.92 Å². The van der Waals surface area contributed by atoms with Crippen molar-refractivity contribution in [3.05, 3.63) is 101 Å². The Bertz CT molecular complexity index is 1510. The number of halogens is 6. The van der Waals surface area contributed by atoms with E-state index < -0.39 is 35.2 Å². The van der Waals surface area contributed by atoms with Crippen molar-refractivity contribution in [2.75, 3.05) is 0 Å². The van der Waals surface area contributed by atoms with E-state index in [2.05, 4.69) is 0 Å². The number of hydrogen-bond donors (Lipinski definition) is 0. The highest BCUT2D eigenvalue weighted by molar-refractivity contribution is 5.91. The van der Waals surface area contributed by atoms with E-state index in [0.717, 1.165) is 23.6 Å². The molecule has 0 unspecified atom stereocenters. The summed E-state index contributed by atoms with van der Waals surface area (Å²) in [4.78, 5) is 12.2. The lowest BCUT2D eigenvalue weighted by molar-refractivity contribution is -0.0696. The molecule has 0 N–H and O–H groups in total. The van der Waals surface area contributed by atoms with Gasteiger partial charge in [-0.1, -0.05) is 35.7 Å². The van der Waals surface area contributed by atoms with Gasteiger partial charge in [-0.25, -0.2) is 18.0 Å². The first-order chi connectivity index (χ1) is 16.5. The van der Waals surface area contributed by atoms with Crippen LogP contribution < -0.4 is 4.74 Å². The van der Waals surface area contributed by atoms with Crippen LogP contribution in [-0.2, 0) is 0 Å². The number of rotatable bonds is 3. The van der Waals surface area contributed by atoms with Gasteiger partial charge < -0.3 is 4.74 Å². The van der Waals surface area contributed by atoms with Crippen molar-refractivity contribution in [2.24, 2.45) is 0 Å². The molecule has 0 aliphatic carbocycles. The Hall–Kier alpha value is -4.25. The predicted octanol–water partition coefficient (Wildman–Crippen LogP) is 7.37. The molecule has 4 aromatic carbocycles. The second-order valence-electron chi connectivity index (χ2n) is 7.63. The monoisotopic (exact) mass is 484 g/mol. The summed E-state index contributed by atoms with van der Waals surface area (Å²) in [5.74, 6) is -1.66. The Morgan fingerprint density at radius 1 is 0.857 bits per heavy atom. The van der Waals surface area contributed by atoms with Gasteiger partial charge in [-0.15, -0.1) is 0 Å². The van der Waals surface area contributed by atoms with Crippen molar-refractivity contribution >= 4 is 16.7 Å². The number of carbonyl (C=O) groups is 1. The maximum absolute atomic E-state index is 14.8. The lowest BCUT2D eigenvalue weighted by Gasteiger charge is -2.10. The SMILES string of the molecule is Cc1ccc(C(=O)Oc2ccc(-c3ccc4c(F)c(C#CC(F)(F)F)c(F)cc4c3)c(F)c2)cc1. The molecular formula is C27H14F6O2. The van der Waals surface area contributed by atoms with Gasteiger partial charge in [-0.05, 0) is 54.3 Å². The van der Waals surface area contributed by atoms with E-state index in [9.17, 15) is 31.1 Å². The molecule has 0 amide bonds. The summed E-state index contributed by atoms with van der Waals surface area (Å²) < 4.78 is 85.9. The fourth-order valence-electron chi connectivity index (χ4n) is 3.39. The minimum Gasteiger partial charge on any atom is -0.423 e. The molecule has 4 aromatic rings. The molecule has 0 bridgehead atoms. The third-order valence-corrected chi connectivity index (χ3v) is 5.11. The Kier molecular flexibility index (Phi) is 6.27. The topological polar surface area (TPSA) is 26.3 Å². The molecule has 0 saturated heterocycles. The zero-order valence-electron chi connectivity index (χ0n) is 17.9. The van der Waals surface area contributed by atoms with Gasteiger partial charge in [0.1, 0.15) is 23.2 Å². The minimum absolute atomic E-state index is 0.00401. The highest BCUT2D eigenvalue weighted by Crippen LogP contribution is 2.32. The van der Waals surface area contributed by atoms with Crippen LogP contribution in [0.1, 0.15) is 21.5 Å². The molecule has 176 valence electrons. The number of alkyl halides is 3. The average molecular weight is 484 g/mol. The van der Waals surface area contributed by atoms with Gasteiger partial charge in [0.2, 0.25) is 0 Å². The van der Waals surface area contributed by atoms with Crippen LogP contribution in [0.15, 0.2) is 66.7 Å². The third-order valence-electron chi connectivity index (χ3n) is 5.11. The number of esters is 1. The smallest absolute Gasteiger partial charge is 0.423 e. The molecule has 0 atom stereocenters. The van der Waals surface area contributed by atoms with E-state index in [0.29, 0.717) is 0 Å². The Labute approximate surface area is 195 Å². The summed E-state index contributed by atoms with van der Waals surface area (Å²) in [6.07, 6.45) is -4.91. The zero-order chi connectivity index (χ0) is 25.3. The van der Waals surface area contributed by atoms with Crippen molar-refractivity contribution in [1.82, 2.24) is 0 Å². The first-order valence-corrected chi connectivity index (χ1v) is 10.1. The summed E-state index contributed by atoms with van der Waals surface area (Å²) in [6, 6.07) is 15.0. The van der Waals surface area contributed by atoms with E-state index in [1.54, 1.807) is 24.3 Å². The zero-order valence-corrected chi connectivity index (χ0v) is 17.9. The second-order valence-corrected chi connectivity index (χ2v) is 7.63. The average Bonchev–Trinajstić information content (AvgIpc) is 2.78. The van der Waals surface area contributed by atoms with Gasteiger partial charge in [-0.3, -0.25) is 0 Å². The first kappa shape index (κ1) is 23.9. The number of hydrogen-bond acceptors (Lipinski definition) is 2. The quantitative estimate of drug-likeness (QED) is 0.131. The Morgan fingerprint density at radius 2 is 1.57 bits per heavy atom. The van der Waals surface area contributed by atoms with Gasteiger partial charge in [-0.2, -0.15) is 13.2 Å². The van der Waals surface area contributed by atoms with Gasteiger partial charge in [0.05, 0.1) is 11.1 Å². The number of benzene rings is 4. The molecule has 2 nitrogen and oxygen atoms in total. The van der Waals surface area contributed by atoms with Crippen molar-refractivity contribution in [3.8, 4) is 28.7 Å². The number of aryl methyl sites for hydroxylation is 1. The van der Waals surface area contributed by atoms with E-state index in [-0.39, 0.29) is 33.2 Å². The molecule has 35 heavy (non-hydrogen) atoms. The van der Waals surface area contributed by atoms with Gasteiger partial charge >= 0.3 is 12.1 Å². The summed E-state index contributed by atoms with van der Waals surface area (Å²) in [6.45, 7) is 1.86. The standard InChI is InChI=1S/C27H14F6O2/c1-15-2-4-16(5-3-15)26(34)35-19-7-9-20(24(29)14-19)17-6-8-21-18(12-17)13-23(28)22(25(21)30)10-11-27(31,32)33/h2-9,12-14H,1H3. The van der Waals surface area contributed by atoms with Crippen LogP contribution >= 0.6 is 0 Å². The number of fused-ring (bicyclic) bond motifs is 1. The maximum atomic E-state index is 14.8. The van der Waals surface area contributed by atoms with Crippen LogP contribution in [0, 0.1) is 36.2 Å². The molecular weight excluding hydrogens is 470 g/mol. The van der Waals surface area contributed by atoms with Crippen molar-refractivity contribution in [1.29, 1.82) is 0 Å². The van der Waals surface area contributed by atoms with E-state index in [1.165, 1.54) is 36.3 Å². The highest BCUT2D eigenvalue weighted by Gasteiger charge is 2.24.